The summed E-state index contributed by atoms with van der Waals surface area (Å²) in [6.07, 6.45) is 0. The zero-order valence-corrected chi connectivity index (χ0v) is 14.9. The predicted molar refractivity (Wildman–Crippen MR) is 99.4 cm³/mol. The molecule has 0 aromatic heterocycles. The monoisotopic (exact) mass is 377 g/mol. The van der Waals surface area contributed by atoms with Gasteiger partial charge in [-0.25, -0.2) is 4.79 Å². The molecule has 3 rings (SSSR count). The van der Waals surface area contributed by atoms with E-state index in [-0.39, 0.29) is 11.9 Å². The second-order valence-corrected chi connectivity index (χ2v) is 6.61. The fraction of sp³-hybridized carbons (Fsp3) is 0.222. The van der Waals surface area contributed by atoms with Crippen LogP contribution in [0.25, 0.3) is 0 Å². The van der Waals surface area contributed by atoms with Gasteiger partial charge in [0.05, 0.1) is 0 Å². The summed E-state index contributed by atoms with van der Waals surface area (Å²) in [5, 5.41) is 3.71. The molecule has 0 bridgehead atoms. The van der Waals surface area contributed by atoms with Crippen molar-refractivity contribution in [2.24, 2.45) is 0 Å². The van der Waals surface area contributed by atoms with E-state index in [1.165, 1.54) is 0 Å². The van der Waals surface area contributed by atoms with Gasteiger partial charge in [-0.2, -0.15) is 0 Å². The van der Waals surface area contributed by atoms with Gasteiger partial charge in [-0.1, -0.05) is 41.4 Å². The van der Waals surface area contributed by atoms with Crippen LogP contribution in [0.4, 0.5) is 10.5 Å². The molecule has 0 saturated carbocycles. The molecule has 7 heteroatoms. The van der Waals surface area contributed by atoms with Crippen molar-refractivity contribution in [1.29, 1.82) is 0 Å². The number of carbonyl (C=O) groups is 2. The standard InChI is InChI=1S/C18H17Cl2N3O2/c19-14-10-13(11-15(20)12-14)17(24)22-6-8-23(9-7-22)18(25)21-16-4-2-1-3-5-16/h1-5,10-12H,6-9H2,(H,21,25). The summed E-state index contributed by atoms with van der Waals surface area (Å²) in [5.41, 5.74) is 1.21. The molecule has 1 aliphatic rings. The lowest BCUT2D eigenvalue weighted by Crippen LogP contribution is -2.51. The molecule has 0 spiro atoms. The number of anilines is 1. The minimum Gasteiger partial charge on any atom is -0.335 e. The molecule has 0 atom stereocenters. The molecule has 3 amide bonds. The van der Waals surface area contributed by atoms with Crippen molar-refractivity contribution >= 4 is 40.8 Å². The second kappa shape index (κ2) is 7.76. The van der Waals surface area contributed by atoms with Crippen LogP contribution in [0.2, 0.25) is 10.0 Å². The van der Waals surface area contributed by atoms with Crippen LogP contribution in [-0.4, -0.2) is 47.9 Å². The number of benzene rings is 2. The second-order valence-electron chi connectivity index (χ2n) is 5.73. The van der Waals surface area contributed by atoms with Gasteiger partial charge >= 0.3 is 6.03 Å². The first-order chi connectivity index (χ1) is 12.0. The summed E-state index contributed by atoms with van der Waals surface area (Å²) in [4.78, 5) is 28.2. The zero-order chi connectivity index (χ0) is 17.8. The Kier molecular flexibility index (Phi) is 5.46. The summed E-state index contributed by atoms with van der Waals surface area (Å²) in [5.74, 6) is -0.132. The number of nitrogens with zero attached hydrogens (tertiary/aromatic N) is 2. The summed E-state index contributed by atoms with van der Waals surface area (Å²) in [6, 6.07) is 13.9. The first-order valence-corrected chi connectivity index (χ1v) is 8.65. The van der Waals surface area contributed by atoms with Gasteiger partial charge in [0.15, 0.2) is 0 Å². The van der Waals surface area contributed by atoms with Crippen LogP contribution >= 0.6 is 23.2 Å². The number of piperazine rings is 1. The lowest BCUT2D eigenvalue weighted by atomic mass is 10.2. The molecular weight excluding hydrogens is 361 g/mol. The largest absolute Gasteiger partial charge is 0.335 e. The van der Waals surface area contributed by atoms with Gasteiger partial charge in [-0.15, -0.1) is 0 Å². The number of hydrogen-bond acceptors (Lipinski definition) is 2. The van der Waals surface area contributed by atoms with E-state index in [2.05, 4.69) is 5.32 Å². The molecule has 0 radical (unpaired) electrons. The number of amides is 3. The molecular formula is C18H17Cl2N3O2. The summed E-state index contributed by atoms with van der Waals surface area (Å²) in [6.45, 7) is 1.87. The third-order valence-electron chi connectivity index (χ3n) is 3.99. The van der Waals surface area contributed by atoms with Crippen molar-refractivity contribution in [1.82, 2.24) is 9.80 Å². The number of halogens is 2. The number of carbonyl (C=O) groups excluding carboxylic acids is 2. The van der Waals surface area contributed by atoms with Crippen LogP contribution in [0.5, 0.6) is 0 Å². The Balaban J connectivity index is 1.58. The lowest BCUT2D eigenvalue weighted by molar-refractivity contribution is 0.0671. The van der Waals surface area contributed by atoms with Crippen molar-refractivity contribution < 1.29 is 9.59 Å². The van der Waals surface area contributed by atoms with Crippen LogP contribution < -0.4 is 5.32 Å². The fourth-order valence-electron chi connectivity index (χ4n) is 2.70. The molecule has 5 nitrogen and oxygen atoms in total. The van der Waals surface area contributed by atoms with Gasteiger partial charge < -0.3 is 15.1 Å². The van der Waals surface area contributed by atoms with Gasteiger partial charge in [0.2, 0.25) is 0 Å². The van der Waals surface area contributed by atoms with Gasteiger partial charge in [-0.3, -0.25) is 4.79 Å². The Morgan fingerprint density at radius 2 is 1.40 bits per heavy atom. The maximum Gasteiger partial charge on any atom is 0.321 e. The van der Waals surface area contributed by atoms with Crippen molar-refractivity contribution in [2.45, 2.75) is 0 Å². The third-order valence-corrected chi connectivity index (χ3v) is 4.43. The molecule has 0 aliphatic carbocycles. The highest BCUT2D eigenvalue weighted by atomic mass is 35.5. The van der Waals surface area contributed by atoms with E-state index >= 15 is 0 Å². The normalized spacial score (nSPS) is 14.3. The molecule has 130 valence electrons. The molecule has 1 N–H and O–H groups in total. The minimum absolute atomic E-state index is 0.132. The third kappa shape index (κ3) is 4.44. The van der Waals surface area contributed by atoms with Crippen molar-refractivity contribution in [3.63, 3.8) is 0 Å². The van der Waals surface area contributed by atoms with E-state index in [4.69, 9.17) is 23.2 Å². The van der Waals surface area contributed by atoms with E-state index in [0.29, 0.717) is 41.8 Å². The Morgan fingerprint density at radius 1 is 0.840 bits per heavy atom. The van der Waals surface area contributed by atoms with Crippen LogP contribution in [0.1, 0.15) is 10.4 Å². The summed E-state index contributed by atoms with van der Waals surface area (Å²) < 4.78 is 0. The highest BCUT2D eigenvalue weighted by Gasteiger charge is 2.25. The van der Waals surface area contributed by atoms with Crippen LogP contribution in [-0.2, 0) is 0 Å². The SMILES string of the molecule is O=C(Nc1ccccc1)N1CCN(C(=O)c2cc(Cl)cc(Cl)c2)CC1. The minimum atomic E-state index is -0.163. The van der Waals surface area contributed by atoms with Gasteiger partial charge in [0, 0.05) is 47.5 Å². The zero-order valence-electron chi connectivity index (χ0n) is 13.4. The van der Waals surface area contributed by atoms with E-state index < -0.39 is 0 Å². The number of nitrogens with one attached hydrogen (secondary N) is 1. The maximum absolute atomic E-state index is 12.6. The van der Waals surface area contributed by atoms with Crippen LogP contribution in [0, 0.1) is 0 Å². The molecule has 1 fully saturated rings. The smallest absolute Gasteiger partial charge is 0.321 e. The Labute approximate surface area is 156 Å². The quantitative estimate of drug-likeness (QED) is 0.860. The Morgan fingerprint density at radius 3 is 2.00 bits per heavy atom. The highest BCUT2D eigenvalue weighted by Crippen LogP contribution is 2.21. The van der Waals surface area contributed by atoms with Gasteiger partial charge in [-0.05, 0) is 30.3 Å². The van der Waals surface area contributed by atoms with E-state index in [0.717, 1.165) is 5.69 Å². The summed E-state index contributed by atoms with van der Waals surface area (Å²) >= 11 is 11.9. The highest BCUT2D eigenvalue weighted by molar-refractivity contribution is 6.35. The molecule has 1 saturated heterocycles. The number of para-hydroxylation sites is 1. The topological polar surface area (TPSA) is 52.7 Å². The van der Waals surface area contributed by atoms with Crippen molar-refractivity contribution in [3.8, 4) is 0 Å². The van der Waals surface area contributed by atoms with Gasteiger partial charge in [0.1, 0.15) is 0 Å². The molecule has 0 unspecified atom stereocenters. The van der Waals surface area contributed by atoms with Crippen LogP contribution in [0.15, 0.2) is 48.5 Å². The van der Waals surface area contributed by atoms with Crippen molar-refractivity contribution in [2.75, 3.05) is 31.5 Å². The van der Waals surface area contributed by atoms with E-state index in [1.807, 2.05) is 30.3 Å². The molecule has 1 heterocycles. The number of rotatable bonds is 2. The lowest BCUT2D eigenvalue weighted by Gasteiger charge is -2.34. The maximum atomic E-state index is 12.6. The number of hydrogen-bond donors (Lipinski definition) is 1. The predicted octanol–water partition coefficient (Wildman–Crippen LogP) is 3.98. The average molecular weight is 378 g/mol. The van der Waals surface area contributed by atoms with E-state index in [1.54, 1.807) is 28.0 Å². The molecule has 2 aromatic rings. The van der Waals surface area contributed by atoms with Crippen LogP contribution in [0.3, 0.4) is 0 Å². The first kappa shape index (κ1) is 17.6. The number of urea groups is 1. The first-order valence-electron chi connectivity index (χ1n) is 7.89. The molecule has 1 aliphatic heterocycles. The Hall–Kier alpha value is -2.24. The van der Waals surface area contributed by atoms with Gasteiger partial charge in [0.25, 0.3) is 5.91 Å². The molecule has 25 heavy (non-hydrogen) atoms. The van der Waals surface area contributed by atoms with Crippen molar-refractivity contribution in [3.05, 3.63) is 64.1 Å². The Bertz CT molecular complexity index is 755. The van der Waals surface area contributed by atoms with E-state index in [9.17, 15) is 9.59 Å². The fourth-order valence-corrected chi connectivity index (χ4v) is 3.22. The average Bonchev–Trinajstić information content (AvgIpc) is 2.61. The molecule has 2 aromatic carbocycles. The summed E-state index contributed by atoms with van der Waals surface area (Å²) in [7, 11) is 0.